The number of carbonyl (C=O) groups excluding carboxylic acids is 1. The molecule has 0 atom stereocenters. The van der Waals surface area contributed by atoms with Crippen LogP contribution in [0.2, 0.25) is 0 Å². The van der Waals surface area contributed by atoms with E-state index in [2.05, 4.69) is 9.93 Å². The molecule has 0 saturated heterocycles. The second-order valence-corrected chi connectivity index (χ2v) is 9.34. The summed E-state index contributed by atoms with van der Waals surface area (Å²) in [7, 11) is -1.11. The fourth-order valence-corrected chi connectivity index (χ4v) is 3.98. The molecule has 0 radical (unpaired) electrons. The Bertz CT molecular complexity index is 1450. The van der Waals surface area contributed by atoms with Crippen LogP contribution in [0.1, 0.15) is 17.5 Å². The molecule has 3 rings (SSSR count). The molecular weight excluding hydrogens is 496 g/mol. The van der Waals surface area contributed by atoms with Crippen molar-refractivity contribution in [3.8, 4) is 23.0 Å². The number of hydrogen-bond donors (Lipinski definition) is 3. The van der Waals surface area contributed by atoms with E-state index in [1.807, 2.05) is 0 Å². The van der Waals surface area contributed by atoms with E-state index in [-0.39, 0.29) is 45.8 Å². The summed E-state index contributed by atoms with van der Waals surface area (Å²) in [6.45, 7) is 0. The number of aromatic hydroxyl groups is 2. The van der Waals surface area contributed by atoms with Gasteiger partial charge in [0.05, 0.1) is 31.2 Å². The minimum absolute atomic E-state index is 0.0258. The second-order valence-electron chi connectivity index (χ2n) is 7.68. The van der Waals surface area contributed by atoms with E-state index in [1.54, 1.807) is 54.6 Å². The average Bonchev–Trinajstić information content (AvgIpc) is 2.91. The normalized spacial score (nSPS) is 12.1. The zero-order chi connectivity index (χ0) is 26.8. The first-order valence-electron chi connectivity index (χ1n) is 11.0. The zero-order valence-corrected chi connectivity index (χ0v) is 21.0. The predicted molar refractivity (Wildman–Crippen MR) is 141 cm³/mol. The van der Waals surface area contributed by atoms with Gasteiger partial charge in [-0.25, -0.2) is 0 Å². The molecule has 3 aromatic rings. The van der Waals surface area contributed by atoms with Crippen LogP contribution in [0.5, 0.6) is 23.0 Å². The van der Waals surface area contributed by atoms with Crippen LogP contribution in [0.15, 0.2) is 88.9 Å². The molecule has 10 heteroatoms. The molecule has 0 aliphatic heterocycles. The number of sulfonamides is 1. The van der Waals surface area contributed by atoms with Gasteiger partial charge < -0.3 is 19.7 Å². The maximum atomic E-state index is 12.7. The lowest BCUT2D eigenvalue weighted by Gasteiger charge is -2.06. The van der Waals surface area contributed by atoms with Crippen LogP contribution in [-0.2, 0) is 14.8 Å². The summed E-state index contributed by atoms with van der Waals surface area (Å²) in [5.74, 6) is 0.114. The van der Waals surface area contributed by atoms with Gasteiger partial charge in [-0.1, -0.05) is 42.5 Å². The van der Waals surface area contributed by atoms with E-state index in [0.29, 0.717) is 11.1 Å². The molecule has 0 unspecified atom stereocenters. The van der Waals surface area contributed by atoms with Gasteiger partial charge in [-0.05, 0) is 59.7 Å². The molecular formula is C27H26N2O7S. The number of phenolic OH excluding ortho intramolecular Hbond substituents is 2. The summed E-state index contributed by atoms with van der Waals surface area (Å²) in [6.07, 6.45) is 5.76. The Balaban J connectivity index is 1.84. The van der Waals surface area contributed by atoms with E-state index < -0.39 is 10.0 Å². The molecule has 3 N–H and O–H groups in total. The topological polar surface area (TPSA) is 135 Å². The molecule has 37 heavy (non-hydrogen) atoms. The lowest BCUT2D eigenvalue weighted by atomic mass is 10.1. The Kier molecular flexibility index (Phi) is 9.06. The van der Waals surface area contributed by atoms with Crippen molar-refractivity contribution in [3.63, 3.8) is 0 Å². The van der Waals surface area contributed by atoms with Gasteiger partial charge in [0.15, 0.2) is 28.8 Å². The smallest absolute Gasteiger partial charge is 0.276 e. The third kappa shape index (κ3) is 7.71. The van der Waals surface area contributed by atoms with Crippen LogP contribution < -0.4 is 14.3 Å². The highest BCUT2D eigenvalue weighted by Gasteiger charge is 2.13. The summed E-state index contributed by atoms with van der Waals surface area (Å²) >= 11 is 0. The maximum absolute atomic E-state index is 12.7. The van der Waals surface area contributed by atoms with Gasteiger partial charge in [-0.3, -0.25) is 4.79 Å². The summed E-state index contributed by atoms with van der Waals surface area (Å²) < 4.78 is 35.4. The first kappa shape index (κ1) is 27.0. The van der Waals surface area contributed by atoms with Crippen molar-refractivity contribution < 1.29 is 32.9 Å². The van der Waals surface area contributed by atoms with E-state index >= 15 is 0 Å². The van der Waals surface area contributed by atoms with Crippen molar-refractivity contribution in [2.45, 2.75) is 11.3 Å². The van der Waals surface area contributed by atoms with Crippen LogP contribution in [-0.4, -0.2) is 44.3 Å². The van der Waals surface area contributed by atoms with E-state index in [0.717, 1.165) is 0 Å². The summed E-state index contributed by atoms with van der Waals surface area (Å²) in [5, 5.41) is 23.5. The fourth-order valence-electron chi connectivity index (χ4n) is 3.12. The first-order valence-corrected chi connectivity index (χ1v) is 12.5. The molecule has 0 aliphatic rings. The van der Waals surface area contributed by atoms with Gasteiger partial charge in [0.25, 0.3) is 10.0 Å². The molecule has 0 bridgehead atoms. The number of methoxy groups -OCH3 is 2. The second kappa shape index (κ2) is 12.4. The highest BCUT2D eigenvalue weighted by Crippen LogP contribution is 2.27. The highest BCUT2D eigenvalue weighted by atomic mass is 32.2. The first-order chi connectivity index (χ1) is 17.7. The number of benzene rings is 3. The van der Waals surface area contributed by atoms with Crippen molar-refractivity contribution in [1.82, 2.24) is 4.83 Å². The lowest BCUT2D eigenvalue weighted by Crippen LogP contribution is -2.20. The van der Waals surface area contributed by atoms with Gasteiger partial charge in [-0.2, -0.15) is 18.4 Å². The molecule has 0 amide bonds. The minimum atomic E-state index is -3.95. The van der Waals surface area contributed by atoms with Crippen LogP contribution in [0.25, 0.3) is 12.2 Å². The number of hydrazone groups is 1. The zero-order valence-electron chi connectivity index (χ0n) is 20.2. The Morgan fingerprint density at radius 3 is 1.95 bits per heavy atom. The highest BCUT2D eigenvalue weighted by molar-refractivity contribution is 7.89. The molecule has 0 fully saturated rings. The molecule has 0 heterocycles. The molecule has 3 aromatic carbocycles. The number of rotatable bonds is 11. The van der Waals surface area contributed by atoms with Gasteiger partial charge >= 0.3 is 0 Å². The number of phenols is 2. The van der Waals surface area contributed by atoms with Gasteiger partial charge in [0.2, 0.25) is 0 Å². The number of allylic oxidation sites excluding steroid dienone is 2. The van der Waals surface area contributed by atoms with Crippen LogP contribution in [0.4, 0.5) is 0 Å². The SMILES string of the molecule is COc1cc(/C=C/C(=O)CC(/C=C/c2ccc(O)c(OC)c2)=N/NS(=O)(=O)c2ccccc2)ccc1O. The summed E-state index contributed by atoms with van der Waals surface area (Å²) in [5.41, 5.74) is 1.40. The van der Waals surface area contributed by atoms with Crippen LogP contribution in [0, 0.1) is 0 Å². The summed E-state index contributed by atoms with van der Waals surface area (Å²) in [4.78, 5) is 14.9. The standard InChI is InChI=1S/C27H26N2O7S/c1-35-26-16-19(10-14-24(26)31)8-12-21(28-29-37(33,34)23-6-4-3-5-7-23)18-22(30)13-9-20-11-15-25(32)27(17-20)36-2/h3-17,29,31-32H,18H2,1-2H3/b12-8+,13-9+,28-21+. The third-order valence-electron chi connectivity index (χ3n) is 5.06. The molecule has 0 aliphatic carbocycles. The Morgan fingerprint density at radius 1 is 0.865 bits per heavy atom. The molecule has 0 aromatic heterocycles. The number of nitrogens with zero attached hydrogens (tertiary/aromatic N) is 1. The Labute approximate surface area is 215 Å². The van der Waals surface area contributed by atoms with Crippen molar-refractivity contribution in [2.75, 3.05) is 14.2 Å². The number of ketones is 1. The van der Waals surface area contributed by atoms with Gasteiger partial charge in [0, 0.05) is 0 Å². The number of carbonyl (C=O) groups is 1. The predicted octanol–water partition coefficient (Wildman–Crippen LogP) is 4.14. The lowest BCUT2D eigenvalue weighted by molar-refractivity contribution is -0.113. The third-order valence-corrected chi connectivity index (χ3v) is 6.28. The summed E-state index contributed by atoms with van der Waals surface area (Å²) in [6, 6.07) is 17.0. The van der Waals surface area contributed by atoms with Crippen molar-refractivity contribution in [1.29, 1.82) is 0 Å². The van der Waals surface area contributed by atoms with Crippen LogP contribution in [0.3, 0.4) is 0 Å². The minimum Gasteiger partial charge on any atom is -0.504 e. The number of nitrogens with one attached hydrogen (secondary N) is 1. The number of ether oxygens (including phenoxy) is 2. The van der Waals surface area contributed by atoms with Crippen molar-refractivity contribution in [3.05, 3.63) is 90.0 Å². The van der Waals surface area contributed by atoms with Gasteiger partial charge in [0.1, 0.15) is 0 Å². The maximum Gasteiger partial charge on any atom is 0.276 e. The van der Waals surface area contributed by atoms with Crippen molar-refractivity contribution in [2.24, 2.45) is 5.10 Å². The molecule has 0 saturated carbocycles. The Morgan fingerprint density at radius 2 is 1.41 bits per heavy atom. The Hall–Kier alpha value is -4.57. The van der Waals surface area contributed by atoms with E-state index in [4.69, 9.17) is 9.47 Å². The van der Waals surface area contributed by atoms with Crippen molar-refractivity contribution >= 4 is 33.7 Å². The molecule has 0 spiro atoms. The largest absolute Gasteiger partial charge is 0.504 e. The van der Waals surface area contributed by atoms with Crippen LogP contribution >= 0.6 is 0 Å². The van der Waals surface area contributed by atoms with Gasteiger partial charge in [-0.15, -0.1) is 0 Å². The fraction of sp³-hybridized carbons (Fsp3) is 0.111. The molecule has 192 valence electrons. The van der Waals surface area contributed by atoms with E-state index in [9.17, 15) is 23.4 Å². The monoisotopic (exact) mass is 522 g/mol. The van der Waals surface area contributed by atoms with E-state index in [1.165, 1.54) is 50.6 Å². The molecule has 9 nitrogen and oxygen atoms in total. The number of hydrogen-bond acceptors (Lipinski definition) is 8. The quantitative estimate of drug-likeness (QED) is 0.196. The average molecular weight is 523 g/mol.